The maximum Gasteiger partial charge on any atom is 0.320 e. The molecule has 3 amide bonds. The molecule has 154 valence electrons. The highest BCUT2D eigenvalue weighted by molar-refractivity contribution is 6.03. The Morgan fingerprint density at radius 3 is 2.52 bits per heavy atom. The number of H-pyrrole nitrogens is 1. The summed E-state index contributed by atoms with van der Waals surface area (Å²) in [4.78, 5) is 28.9. The predicted octanol–water partition coefficient (Wildman–Crippen LogP) is 1.69. The average Bonchev–Trinajstić information content (AvgIpc) is 3.39. The minimum Gasteiger partial charge on any atom is -0.335 e. The SMILES string of the molecule is CN1CCN(Cc2ccc(NC(=O)c3cc(NC(=O)NC4CC4)n[nH]3)cc2)CC1. The monoisotopic (exact) mass is 397 g/mol. The second-order valence-corrected chi connectivity index (χ2v) is 7.77. The first-order valence-corrected chi connectivity index (χ1v) is 9.99. The number of urea groups is 1. The molecule has 1 aromatic carbocycles. The van der Waals surface area contributed by atoms with E-state index >= 15 is 0 Å². The van der Waals surface area contributed by atoms with Crippen molar-refractivity contribution in [2.45, 2.75) is 25.4 Å². The first-order chi connectivity index (χ1) is 14.0. The van der Waals surface area contributed by atoms with E-state index in [2.05, 4.69) is 43.0 Å². The van der Waals surface area contributed by atoms with Crippen molar-refractivity contribution in [3.63, 3.8) is 0 Å². The lowest BCUT2D eigenvalue weighted by atomic mass is 10.1. The highest BCUT2D eigenvalue weighted by atomic mass is 16.2. The molecular formula is C20H27N7O2. The van der Waals surface area contributed by atoms with Gasteiger partial charge in [-0.1, -0.05) is 12.1 Å². The van der Waals surface area contributed by atoms with E-state index in [4.69, 9.17) is 0 Å². The van der Waals surface area contributed by atoms with Gasteiger partial charge in [-0.15, -0.1) is 0 Å². The number of carbonyl (C=O) groups excluding carboxylic acids is 2. The van der Waals surface area contributed by atoms with Crippen LogP contribution >= 0.6 is 0 Å². The van der Waals surface area contributed by atoms with Gasteiger partial charge in [-0.2, -0.15) is 5.10 Å². The van der Waals surface area contributed by atoms with Crippen LogP contribution in [-0.4, -0.2) is 71.2 Å². The first-order valence-electron chi connectivity index (χ1n) is 9.99. The van der Waals surface area contributed by atoms with Crippen molar-refractivity contribution in [2.75, 3.05) is 43.9 Å². The molecule has 4 N–H and O–H groups in total. The molecule has 1 aliphatic carbocycles. The topological polar surface area (TPSA) is 105 Å². The number of nitrogens with one attached hydrogen (secondary N) is 4. The standard InChI is InChI=1S/C20H27N7O2/c1-26-8-10-27(11-9-26)13-14-2-4-15(5-3-14)21-19(28)17-12-18(25-24-17)23-20(29)22-16-6-7-16/h2-5,12,16H,6-11,13H2,1H3,(H,21,28)(H3,22,23,24,25,29). The number of hydrogen-bond donors (Lipinski definition) is 4. The molecule has 1 aliphatic heterocycles. The minimum absolute atomic E-state index is 0.260. The molecule has 1 saturated carbocycles. The Morgan fingerprint density at radius 2 is 1.83 bits per heavy atom. The van der Waals surface area contributed by atoms with Crippen LogP contribution in [0.15, 0.2) is 30.3 Å². The van der Waals surface area contributed by atoms with Gasteiger partial charge < -0.3 is 15.5 Å². The van der Waals surface area contributed by atoms with Gasteiger partial charge in [-0.25, -0.2) is 4.79 Å². The summed E-state index contributed by atoms with van der Waals surface area (Å²) in [6.45, 7) is 5.25. The first kappa shape index (κ1) is 19.4. The van der Waals surface area contributed by atoms with Gasteiger partial charge >= 0.3 is 6.03 Å². The Bertz CT molecular complexity index is 852. The summed E-state index contributed by atoms with van der Waals surface area (Å²) in [5.74, 6) is 0.00999. The third-order valence-corrected chi connectivity index (χ3v) is 5.19. The molecule has 0 atom stereocenters. The predicted molar refractivity (Wildman–Crippen MR) is 111 cm³/mol. The smallest absolute Gasteiger partial charge is 0.320 e. The fraction of sp³-hybridized carbons (Fsp3) is 0.450. The number of rotatable bonds is 6. The van der Waals surface area contributed by atoms with E-state index in [0.29, 0.717) is 11.5 Å². The summed E-state index contributed by atoms with van der Waals surface area (Å²) in [6, 6.07) is 9.36. The van der Waals surface area contributed by atoms with Crippen LogP contribution in [0.2, 0.25) is 0 Å². The molecule has 9 heteroatoms. The number of aromatic amines is 1. The number of nitrogens with zero attached hydrogens (tertiary/aromatic N) is 3. The molecule has 29 heavy (non-hydrogen) atoms. The maximum absolute atomic E-state index is 12.4. The van der Waals surface area contributed by atoms with E-state index in [1.54, 1.807) is 0 Å². The van der Waals surface area contributed by atoms with Crippen LogP contribution < -0.4 is 16.0 Å². The highest BCUT2D eigenvalue weighted by Gasteiger charge is 2.23. The maximum atomic E-state index is 12.4. The number of carbonyl (C=O) groups is 2. The molecule has 2 aromatic rings. The number of aromatic nitrogens is 2. The van der Waals surface area contributed by atoms with Gasteiger partial charge in [-0.3, -0.25) is 20.1 Å². The Hall–Kier alpha value is -2.91. The zero-order chi connectivity index (χ0) is 20.2. The molecule has 4 rings (SSSR count). The lowest BCUT2D eigenvalue weighted by molar-refractivity contribution is 0.102. The zero-order valence-corrected chi connectivity index (χ0v) is 16.6. The van der Waals surface area contributed by atoms with E-state index in [0.717, 1.165) is 45.6 Å². The van der Waals surface area contributed by atoms with Gasteiger partial charge in [-0.05, 0) is 37.6 Å². The van der Waals surface area contributed by atoms with Crippen LogP contribution in [0, 0.1) is 0 Å². The van der Waals surface area contributed by atoms with Crippen molar-refractivity contribution in [1.29, 1.82) is 0 Å². The Kier molecular flexibility index (Phi) is 5.77. The molecule has 2 fully saturated rings. The average molecular weight is 397 g/mol. The summed E-state index contributed by atoms with van der Waals surface area (Å²) >= 11 is 0. The van der Waals surface area contributed by atoms with Crippen molar-refractivity contribution in [2.24, 2.45) is 0 Å². The van der Waals surface area contributed by atoms with Gasteiger partial charge in [0.15, 0.2) is 5.82 Å². The lowest BCUT2D eigenvalue weighted by Gasteiger charge is -2.32. The molecule has 2 aliphatic rings. The normalized spacial score (nSPS) is 17.7. The van der Waals surface area contributed by atoms with Gasteiger partial charge in [0.05, 0.1) is 0 Å². The van der Waals surface area contributed by atoms with Gasteiger partial charge in [0.25, 0.3) is 5.91 Å². The van der Waals surface area contributed by atoms with Crippen molar-refractivity contribution < 1.29 is 9.59 Å². The number of benzene rings is 1. The molecule has 0 spiro atoms. The number of anilines is 2. The molecule has 2 heterocycles. The van der Waals surface area contributed by atoms with Crippen LogP contribution in [0.1, 0.15) is 28.9 Å². The lowest BCUT2D eigenvalue weighted by Crippen LogP contribution is -2.43. The van der Waals surface area contributed by atoms with Crippen LogP contribution in [-0.2, 0) is 6.54 Å². The molecule has 9 nitrogen and oxygen atoms in total. The van der Waals surface area contributed by atoms with E-state index in [-0.39, 0.29) is 23.7 Å². The van der Waals surface area contributed by atoms with Crippen LogP contribution in [0.4, 0.5) is 16.3 Å². The summed E-state index contributed by atoms with van der Waals surface area (Å²) in [5.41, 5.74) is 2.23. The van der Waals surface area contributed by atoms with Crippen LogP contribution in [0.3, 0.4) is 0 Å². The fourth-order valence-electron chi connectivity index (χ4n) is 3.22. The van der Waals surface area contributed by atoms with E-state index in [1.165, 1.54) is 11.6 Å². The van der Waals surface area contributed by atoms with Crippen molar-refractivity contribution in [1.82, 2.24) is 25.3 Å². The quantitative estimate of drug-likeness (QED) is 0.594. The minimum atomic E-state index is -0.306. The summed E-state index contributed by atoms with van der Waals surface area (Å²) in [6.07, 6.45) is 2.02. The van der Waals surface area contributed by atoms with Crippen LogP contribution in [0.25, 0.3) is 0 Å². The van der Waals surface area contributed by atoms with Gasteiger partial charge in [0.1, 0.15) is 5.69 Å². The van der Waals surface area contributed by atoms with Gasteiger partial charge in [0.2, 0.25) is 0 Å². The third-order valence-electron chi connectivity index (χ3n) is 5.19. The molecular weight excluding hydrogens is 370 g/mol. The van der Waals surface area contributed by atoms with E-state index < -0.39 is 0 Å². The highest BCUT2D eigenvalue weighted by Crippen LogP contribution is 2.19. The van der Waals surface area contributed by atoms with Crippen molar-refractivity contribution in [3.05, 3.63) is 41.6 Å². The second-order valence-electron chi connectivity index (χ2n) is 7.77. The van der Waals surface area contributed by atoms with Gasteiger partial charge in [0, 0.05) is 50.5 Å². The Morgan fingerprint density at radius 1 is 1.10 bits per heavy atom. The van der Waals surface area contributed by atoms with Crippen molar-refractivity contribution in [3.8, 4) is 0 Å². The number of hydrogen-bond acceptors (Lipinski definition) is 5. The molecule has 0 unspecified atom stereocenters. The molecule has 0 bridgehead atoms. The molecule has 1 saturated heterocycles. The van der Waals surface area contributed by atoms with E-state index in [1.807, 2.05) is 24.3 Å². The zero-order valence-electron chi connectivity index (χ0n) is 16.6. The summed E-state index contributed by atoms with van der Waals surface area (Å²) < 4.78 is 0. The Labute approximate surface area is 169 Å². The number of amides is 3. The fourth-order valence-corrected chi connectivity index (χ4v) is 3.22. The van der Waals surface area contributed by atoms with E-state index in [9.17, 15) is 9.59 Å². The summed E-state index contributed by atoms with van der Waals surface area (Å²) in [5, 5.41) is 14.9. The number of piperazine rings is 1. The van der Waals surface area contributed by atoms with Crippen molar-refractivity contribution >= 4 is 23.4 Å². The Balaban J connectivity index is 1.27. The second kappa shape index (κ2) is 8.62. The largest absolute Gasteiger partial charge is 0.335 e. The van der Waals surface area contributed by atoms with Crippen LogP contribution in [0.5, 0.6) is 0 Å². The number of likely N-dealkylation sites (N-methyl/N-ethyl adjacent to an activating group) is 1. The third kappa shape index (κ3) is 5.55. The summed E-state index contributed by atoms with van der Waals surface area (Å²) in [7, 11) is 2.15. The molecule has 1 aromatic heterocycles. The molecule has 0 radical (unpaired) electrons.